The van der Waals surface area contributed by atoms with E-state index in [0.717, 1.165) is 11.4 Å². The Morgan fingerprint density at radius 2 is 2.44 bits per heavy atom. The molecule has 0 saturated carbocycles. The highest BCUT2D eigenvalue weighted by atomic mass is 32.1. The van der Waals surface area contributed by atoms with Gasteiger partial charge in [0, 0.05) is 24.2 Å². The maximum atomic E-state index is 11.2. The van der Waals surface area contributed by atoms with Gasteiger partial charge in [0.1, 0.15) is 0 Å². The van der Waals surface area contributed by atoms with E-state index in [4.69, 9.17) is 5.73 Å². The highest BCUT2D eigenvalue weighted by Gasteiger charge is 2.15. The SMILES string of the molecule is COC(=O)C(C)CN(C)Cc1cnc(N)s1. The third-order valence-corrected chi connectivity index (χ3v) is 3.00. The molecule has 0 saturated heterocycles. The molecule has 0 aliphatic heterocycles. The summed E-state index contributed by atoms with van der Waals surface area (Å²) in [6.07, 6.45) is 1.76. The zero-order valence-corrected chi connectivity index (χ0v) is 10.6. The number of carbonyl (C=O) groups excluding carboxylic acids is 1. The van der Waals surface area contributed by atoms with E-state index in [1.165, 1.54) is 18.4 Å². The topological polar surface area (TPSA) is 68.5 Å². The molecule has 0 aliphatic rings. The van der Waals surface area contributed by atoms with Crippen LogP contribution in [0.4, 0.5) is 5.13 Å². The summed E-state index contributed by atoms with van der Waals surface area (Å²) in [7, 11) is 3.36. The van der Waals surface area contributed by atoms with Crippen LogP contribution in [0.2, 0.25) is 0 Å². The van der Waals surface area contributed by atoms with Crippen molar-refractivity contribution in [3.05, 3.63) is 11.1 Å². The molecular formula is C10H17N3O2S. The van der Waals surface area contributed by atoms with E-state index in [1.54, 1.807) is 6.20 Å². The molecule has 1 unspecified atom stereocenters. The normalized spacial score (nSPS) is 12.8. The van der Waals surface area contributed by atoms with E-state index in [-0.39, 0.29) is 11.9 Å². The second-order valence-electron chi connectivity index (χ2n) is 3.79. The van der Waals surface area contributed by atoms with E-state index in [1.807, 2.05) is 14.0 Å². The number of esters is 1. The molecule has 6 heteroatoms. The first-order chi connectivity index (χ1) is 7.52. The summed E-state index contributed by atoms with van der Waals surface area (Å²) in [5, 5.41) is 0.574. The zero-order valence-electron chi connectivity index (χ0n) is 9.77. The van der Waals surface area contributed by atoms with Crippen LogP contribution >= 0.6 is 11.3 Å². The van der Waals surface area contributed by atoms with Crippen molar-refractivity contribution < 1.29 is 9.53 Å². The van der Waals surface area contributed by atoms with E-state index in [2.05, 4.69) is 14.6 Å². The second kappa shape index (κ2) is 5.81. The summed E-state index contributed by atoms with van der Waals surface area (Å²) in [4.78, 5) is 18.3. The fourth-order valence-corrected chi connectivity index (χ4v) is 2.23. The molecule has 1 heterocycles. The van der Waals surface area contributed by atoms with Gasteiger partial charge in [0.2, 0.25) is 0 Å². The van der Waals surface area contributed by atoms with Gasteiger partial charge in [0.25, 0.3) is 0 Å². The highest BCUT2D eigenvalue weighted by molar-refractivity contribution is 7.15. The Bertz CT molecular complexity index is 354. The predicted molar refractivity (Wildman–Crippen MR) is 64.0 cm³/mol. The lowest BCUT2D eigenvalue weighted by molar-refractivity contribution is -0.145. The Labute approximate surface area is 99.2 Å². The second-order valence-corrected chi connectivity index (χ2v) is 4.93. The van der Waals surface area contributed by atoms with E-state index < -0.39 is 0 Å². The van der Waals surface area contributed by atoms with Crippen LogP contribution in [0.1, 0.15) is 11.8 Å². The molecule has 90 valence electrons. The number of hydrogen-bond acceptors (Lipinski definition) is 6. The average Bonchev–Trinajstić information content (AvgIpc) is 2.62. The quantitative estimate of drug-likeness (QED) is 0.780. The van der Waals surface area contributed by atoms with Gasteiger partial charge in [-0.05, 0) is 7.05 Å². The summed E-state index contributed by atoms with van der Waals surface area (Å²) in [5.74, 6) is -0.309. The molecular weight excluding hydrogens is 226 g/mol. The molecule has 1 aromatic heterocycles. The number of nitrogens with two attached hydrogens (primary N) is 1. The molecule has 0 spiro atoms. The van der Waals surface area contributed by atoms with Crippen molar-refractivity contribution in [1.82, 2.24) is 9.88 Å². The van der Waals surface area contributed by atoms with Crippen molar-refractivity contribution in [3.8, 4) is 0 Å². The molecule has 1 rings (SSSR count). The van der Waals surface area contributed by atoms with Crippen molar-refractivity contribution in [2.24, 2.45) is 5.92 Å². The van der Waals surface area contributed by atoms with Crippen LogP contribution in [0.3, 0.4) is 0 Å². The zero-order chi connectivity index (χ0) is 12.1. The third-order valence-electron chi connectivity index (χ3n) is 2.19. The molecule has 0 bridgehead atoms. The minimum atomic E-state index is -0.185. The van der Waals surface area contributed by atoms with Crippen molar-refractivity contribution in [3.63, 3.8) is 0 Å². The first-order valence-electron chi connectivity index (χ1n) is 4.99. The Morgan fingerprint density at radius 3 is 2.94 bits per heavy atom. The van der Waals surface area contributed by atoms with Gasteiger partial charge in [-0.15, -0.1) is 11.3 Å². The maximum absolute atomic E-state index is 11.2. The summed E-state index contributed by atoms with van der Waals surface area (Å²) in [6, 6.07) is 0. The van der Waals surface area contributed by atoms with Gasteiger partial charge in [-0.3, -0.25) is 4.79 Å². The molecule has 5 nitrogen and oxygen atoms in total. The molecule has 1 aromatic rings. The van der Waals surface area contributed by atoms with Gasteiger partial charge in [-0.1, -0.05) is 6.92 Å². The lowest BCUT2D eigenvalue weighted by Gasteiger charge is -2.18. The van der Waals surface area contributed by atoms with Gasteiger partial charge >= 0.3 is 5.97 Å². The van der Waals surface area contributed by atoms with Crippen LogP contribution in [0.5, 0.6) is 0 Å². The molecule has 0 radical (unpaired) electrons. The molecule has 0 fully saturated rings. The van der Waals surface area contributed by atoms with Crippen molar-refractivity contribution in [1.29, 1.82) is 0 Å². The number of hydrogen-bond donors (Lipinski definition) is 1. The summed E-state index contributed by atoms with van der Waals surface area (Å²) >= 11 is 1.47. The smallest absolute Gasteiger partial charge is 0.309 e. The monoisotopic (exact) mass is 243 g/mol. The molecule has 16 heavy (non-hydrogen) atoms. The minimum absolute atomic E-state index is 0.125. The number of methoxy groups -OCH3 is 1. The third kappa shape index (κ3) is 3.79. The standard InChI is InChI=1S/C10H17N3O2S/c1-7(9(14)15-3)5-13(2)6-8-4-12-10(11)16-8/h4,7H,5-6H2,1-3H3,(H2,11,12). The number of carbonyl (C=O) groups is 1. The molecule has 1 atom stereocenters. The lowest BCUT2D eigenvalue weighted by atomic mass is 10.2. The van der Waals surface area contributed by atoms with Gasteiger partial charge in [-0.2, -0.15) is 0 Å². The lowest BCUT2D eigenvalue weighted by Crippen LogP contribution is -2.28. The number of rotatable bonds is 5. The minimum Gasteiger partial charge on any atom is -0.469 e. The van der Waals surface area contributed by atoms with Crippen LogP contribution in [0.15, 0.2) is 6.20 Å². The van der Waals surface area contributed by atoms with Crippen LogP contribution in [-0.4, -0.2) is 36.6 Å². The van der Waals surface area contributed by atoms with Crippen molar-refractivity contribution in [2.75, 3.05) is 26.4 Å². The number of nitrogen functional groups attached to an aromatic ring is 1. The number of aromatic nitrogens is 1. The Kier molecular flexibility index (Phi) is 4.70. The molecule has 0 amide bonds. The van der Waals surface area contributed by atoms with Crippen molar-refractivity contribution in [2.45, 2.75) is 13.5 Å². The summed E-state index contributed by atoms with van der Waals surface area (Å²) in [5.41, 5.74) is 5.54. The van der Waals surface area contributed by atoms with Crippen LogP contribution in [0.25, 0.3) is 0 Å². The van der Waals surface area contributed by atoms with E-state index in [0.29, 0.717) is 11.7 Å². The van der Waals surface area contributed by atoms with Crippen LogP contribution < -0.4 is 5.73 Å². The number of thiazole rings is 1. The molecule has 2 N–H and O–H groups in total. The number of nitrogens with zero attached hydrogens (tertiary/aromatic N) is 2. The maximum Gasteiger partial charge on any atom is 0.309 e. The van der Waals surface area contributed by atoms with Gasteiger partial charge in [0.05, 0.1) is 13.0 Å². The molecule has 0 aliphatic carbocycles. The summed E-state index contributed by atoms with van der Waals surface area (Å²) < 4.78 is 4.67. The first kappa shape index (κ1) is 12.9. The Morgan fingerprint density at radius 1 is 1.75 bits per heavy atom. The van der Waals surface area contributed by atoms with Gasteiger partial charge in [0.15, 0.2) is 5.13 Å². The average molecular weight is 243 g/mol. The fourth-order valence-electron chi connectivity index (χ4n) is 1.47. The molecule has 0 aromatic carbocycles. The summed E-state index contributed by atoms with van der Waals surface area (Å²) in [6.45, 7) is 3.25. The fraction of sp³-hybridized carbons (Fsp3) is 0.600. The van der Waals surface area contributed by atoms with Gasteiger partial charge < -0.3 is 15.4 Å². The number of anilines is 1. The van der Waals surface area contributed by atoms with Crippen molar-refractivity contribution >= 4 is 22.4 Å². The predicted octanol–water partition coefficient (Wildman–Crippen LogP) is 0.966. The Balaban J connectivity index is 2.41. The number of ether oxygens (including phenoxy) is 1. The first-order valence-corrected chi connectivity index (χ1v) is 5.81. The van der Waals surface area contributed by atoms with Crippen LogP contribution in [0, 0.1) is 5.92 Å². The van der Waals surface area contributed by atoms with Gasteiger partial charge in [-0.25, -0.2) is 4.98 Å². The highest BCUT2D eigenvalue weighted by Crippen LogP contribution is 2.16. The Hall–Kier alpha value is -1.14. The van der Waals surface area contributed by atoms with E-state index in [9.17, 15) is 4.79 Å². The van der Waals surface area contributed by atoms with E-state index >= 15 is 0 Å². The van der Waals surface area contributed by atoms with Crippen LogP contribution in [-0.2, 0) is 16.1 Å². The largest absolute Gasteiger partial charge is 0.469 e.